The van der Waals surface area contributed by atoms with Crippen LogP contribution in [0.4, 0.5) is 0 Å². The van der Waals surface area contributed by atoms with E-state index in [1.807, 2.05) is 18.2 Å². The zero-order chi connectivity index (χ0) is 16.7. The summed E-state index contributed by atoms with van der Waals surface area (Å²) in [5, 5.41) is 8.82. The molecule has 2 rings (SSSR count). The van der Waals surface area contributed by atoms with Crippen LogP contribution in [-0.4, -0.2) is 11.1 Å². The van der Waals surface area contributed by atoms with E-state index in [4.69, 9.17) is 5.21 Å². The third-order valence-electron chi connectivity index (χ3n) is 4.37. The van der Waals surface area contributed by atoms with E-state index in [2.05, 4.69) is 36.4 Å². The number of unbranched alkanes of at least 4 members (excludes halogenated alkanes) is 1. The van der Waals surface area contributed by atoms with Gasteiger partial charge in [0.1, 0.15) is 0 Å². The molecule has 0 fully saturated rings. The number of aryl methyl sites for hydroxylation is 2. The molecule has 0 radical (unpaired) electrons. The molecule has 0 spiro atoms. The van der Waals surface area contributed by atoms with Gasteiger partial charge < -0.3 is 0 Å². The fraction of sp³-hybridized carbons (Fsp3) is 0.350. The van der Waals surface area contributed by atoms with Crippen LogP contribution in [0.5, 0.6) is 0 Å². The summed E-state index contributed by atoms with van der Waals surface area (Å²) >= 11 is 0. The zero-order valence-corrected chi connectivity index (χ0v) is 13.9. The molecule has 1 amide bonds. The van der Waals surface area contributed by atoms with E-state index in [0.29, 0.717) is 0 Å². The Morgan fingerprint density at radius 2 is 1.43 bits per heavy atom. The highest BCUT2D eigenvalue weighted by molar-refractivity contribution is 5.86. The smallest absolute Gasteiger partial charge is 0.253 e. The Labute approximate surface area is 138 Å². The second-order valence-corrected chi connectivity index (χ2v) is 6.46. The molecule has 0 aliphatic heterocycles. The molecule has 0 heterocycles. The molecule has 122 valence electrons. The van der Waals surface area contributed by atoms with Gasteiger partial charge in [0.2, 0.25) is 0 Å². The van der Waals surface area contributed by atoms with Gasteiger partial charge in [-0.25, -0.2) is 5.48 Å². The Morgan fingerprint density at radius 3 is 1.96 bits per heavy atom. The van der Waals surface area contributed by atoms with Crippen molar-refractivity contribution in [3.63, 3.8) is 0 Å². The third-order valence-corrected chi connectivity index (χ3v) is 4.37. The van der Waals surface area contributed by atoms with Gasteiger partial charge in [0.15, 0.2) is 0 Å². The van der Waals surface area contributed by atoms with Crippen molar-refractivity contribution in [3.05, 3.63) is 71.3 Å². The molecule has 0 atom stereocenters. The fourth-order valence-corrected chi connectivity index (χ4v) is 2.66. The molecular formula is C20H25NO2. The van der Waals surface area contributed by atoms with E-state index in [1.54, 1.807) is 19.3 Å². The molecule has 0 unspecified atom stereocenters. The molecule has 2 aromatic rings. The topological polar surface area (TPSA) is 49.3 Å². The predicted octanol–water partition coefficient (Wildman–Crippen LogP) is 4.04. The van der Waals surface area contributed by atoms with Crippen LogP contribution in [0.2, 0.25) is 0 Å². The number of hydrogen-bond acceptors (Lipinski definition) is 2. The molecule has 0 bridgehead atoms. The van der Waals surface area contributed by atoms with Crippen molar-refractivity contribution in [1.29, 1.82) is 0 Å². The highest BCUT2D eigenvalue weighted by Crippen LogP contribution is 2.24. The van der Waals surface area contributed by atoms with Crippen LogP contribution in [0.25, 0.3) is 0 Å². The predicted molar refractivity (Wildman–Crippen MR) is 92.5 cm³/mol. The number of benzene rings is 2. The second kappa shape index (κ2) is 7.93. The molecule has 2 aromatic carbocycles. The lowest BCUT2D eigenvalue weighted by Crippen LogP contribution is -2.38. The van der Waals surface area contributed by atoms with Crippen LogP contribution in [0.1, 0.15) is 43.4 Å². The normalized spacial score (nSPS) is 11.3. The Kier molecular flexibility index (Phi) is 5.94. The molecule has 2 N–H and O–H groups in total. The van der Waals surface area contributed by atoms with Crippen LogP contribution in [0, 0.1) is 0 Å². The van der Waals surface area contributed by atoms with Crippen LogP contribution in [-0.2, 0) is 23.1 Å². The summed E-state index contributed by atoms with van der Waals surface area (Å²) in [6.45, 7) is 3.60. The maximum Gasteiger partial charge on any atom is 0.253 e. The van der Waals surface area contributed by atoms with Crippen molar-refractivity contribution in [2.75, 3.05) is 0 Å². The molecule has 0 aliphatic carbocycles. The van der Waals surface area contributed by atoms with Crippen molar-refractivity contribution in [2.24, 2.45) is 0 Å². The summed E-state index contributed by atoms with van der Waals surface area (Å²) in [5.41, 5.74) is 4.57. The highest BCUT2D eigenvalue weighted by Gasteiger charge is 2.29. The molecule has 3 nitrogen and oxygen atoms in total. The lowest BCUT2D eigenvalue weighted by Gasteiger charge is -2.22. The van der Waals surface area contributed by atoms with Gasteiger partial charge in [0.05, 0.1) is 5.41 Å². The van der Waals surface area contributed by atoms with E-state index in [1.165, 1.54) is 17.5 Å². The van der Waals surface area contributed by atoms with E-state index in [0.717, 1.165) is 24.8 Å². The second-order valence-electron chi connectivity index (χ2n) is 6.46. The maximum absolute atomic E-state index is 11.7. The lowest BCUT2D eigenvalue weighted by molar-refractivity contribution is -0.134. The molecule has 0 aliphatic rings. The van der Waals surface area contributed by atoms with Crippen molar-refractivity contribution in [2.45, 2.75) is 44.9 Å². The van der Waals surface area contributed by atoms with Gasteiger partial charge >= 0.3 is 0 Å². The van der Waals surface area contributed by atoms with Gasteiger partial charge in [0, 0.05) is 0 Å². The standard InChI is InChI=1S/C20H25NO2/c1-20(2,19(22)21-23)18-14-12-17(13-15-18)11-7-6-10-16-8-4-3-5-9-16/h3-5,8-9,12-15,23H,6-7,10-11H2,1-2H3,(H,21,22). The number of hydroxylamine groups is 1. The van der Waals surface area contributed by atoms with Gasteiger partial charge in [-0.3, -0.25) is 10.0 Å². The minimum atomic E-state index is -0.736. The fourth-order valence-electron chi connectivity index (χ4n) is 2.66. The summed E-state index contributed by atoms with van der Waals surface area (Å²) in [7, 11) is 0. The zero-order valence-electron chi connectivity index (χ0n) is 13.9. The van der Waals surface area contributed by atoms with Crippen molar-refractivity contribution in [3.8, 4) is 0 Å². The first kappa shape index (κ1) is 17.2. The van der Waals surface area contributed by atoms with Crippen molar-refractivity contribution < 1.29 is 10.0 Å². The third kappa shape index (κ3) is 4.67. The molecule has 23 heavy (non-hydrogen) atoms. The Bertz CT molecular complexity index is 618. The van der Waals surface area contributed by atoms with Gasteiger partial charge in [-0.2, -0.15) is 0 Å². The van der Waals surface area contributed by atoms with Crippen LogP contribution in [0.3, 0.4) is 0 Å². The number of amides is 1. The highest BCUT2D eigenvalue weighted by atomic mass is 16.5. The Hall–Kier alpha value is -2.13. The minimum absolute atomic E-state index is 0.395. The number of rotatable bonds is 7. The van der Waals surface area contributed by atoms with Crippen LogP contribution >= 0.6 is 0 Å². The summed E-state index contributed by atoms with van der Waals surface area (Å²) in [4.78, 5) is 11.7. The number of carbonyl (C=O) groups is 1. The summed E-state index contributed by atoms with van der Waals surface area (Å²) in [6, 6.07) is 18.6. The Balaban J connectivity index is 1.84. The largest absolute Gasteiger partial charge is 0.289 e. The van der Waals surface area contributed by atoms with Crippen molar-refractivity contribution in [1.82, 2.24) is 5.48 Å². The van der Waals surface area contributed by atoms with Crippen molar-refractivity contribution >= 4 is 5.91 Å². The summed E-state index contributed by atoms with van der Waals surface area (Å²) < 4.78 is 0. The van der Waals surface area contributed by atoms with E-state index >= 15 is 0 Å². The van der Waals surface area contributed by atoms with Gasteiger partial charge in [-0.1, -0.05) is 54.6 Å². The number of nitrogens with one attached hydrogen (secondary N) is 1. The van der Waals surface area contributed by atoms with E-state index in [9.17, 15) is 4.79 Å². The number of hydrogen-bond donors (Lipinski definition) is 2. The van der Waals surface area contributed by atoms with E-state index < -0.39 is 11.3 Å². The van der Waals surface area contributed by atoms with Gasteiger partial charge in [-0.05, 0) is 56.2 Å². The average molecular weight is 311 g/mol. The SMILES string of the molecule is CC(C)(C(=O)NO)c1ccc(CCCCc2ccccc2)cc1. The van der Waals surface area contributed by atoms with Gasteiger partial charge in [0.25, 0.3) is 5.91 Å². The first-order valence-electron chi connectivity index (χ1n) is 8.12. The number of carbonyl (C=O) groups excluding carboxylic acids is 1. The van der Waals surface area contributed by atoms with Crippen LogP contribution in [0.15, 0.2) is 54.6 Å². The van der Waals surface area contributed by atoms with Crippen LogP contribution < -0.4 is 5.48 Å². The molecule has 0 saturated carbocycles. The lowest BCUT2D eigenvalue weighted by atomic mass is 9.83. The first-order chi connectivity index (χ1) is 11.0. The summed E-state index contributed by atoms with van der Waals surface area (Å²) in [6.07, 6.45) is 4.47. The minimum Gasteiger partial charge on any atom is -0.289 e. The maximum atomic E-state index is 11.7. The Morgan fingerprint density at radius 1 is 0.913 bits per heavy atom. The molecular weight excluding hydrogens is 286 g/mol. The first-order valence-corrected chi connectivity index (χ1v) is 8.12. The molecule has 3 heteroatoms. The van der Waals surface area contributed by atoms with Gasteiger partial charge in [-0.15, -0.1) is 0 Å². The molecule has 0 aromatic heterocycles. The summed E-state index contributed by atoms with van der Waals surface area (Å²) in [5.74, 6) is -0.395. The quantitative estimate of drug-likeness (QED) is 0.461. The average Bonchev–Trinajstić information content (AvgIpc) is 2.59. The molecule has 0 saturated heterocycles. The monoisotopic (exact) mass is 311 g/mol. The van der Waals surface area contributed by atoms with E-state index in [-0.39, 0.29) is 0 Å².